The first-order valence-corrected chi connectivity index (χ1v) is 6.89. The summed E-state index contributed by atoms with van der Waals surface area (Å²) in [5.74, 6) is 0. The number of aromatic nitrogens is 1. The van der Waals surface area contributed by atoms with Crippen molar-refractivity contribution in [2.45, 2.75) is 20.0 Å². The number of rotatable bonds is 4. The second-order valence-corrected chi connectivity index (χ2v) is 5.38. The summed E-state index contributed by atoms with van der Waals surface area (Å²) >= 11 is 9.43. The normalized spacial score (nSPS) is 10.6. The predicted octanol–water partition coefficient (Wildman–Crippen LogP) is 4.10. The summed E-state index contributed by atoms with van der Waals surface area (Å²) in [5.41, 5.74) is 3.45. The molecule has 0 spiro atoms. The third-order valence-corrected chi connectivity index (χ3v) is 3.96. The molecule has 0 radical (unpaired) electrons. The average molecular weight is 326 g/mol. The first-order chi connectivity index (χ1) is 8.66. The number of pyridine rings is 1. The van der Waals surface area contributed by atoms with Crippen molar-refractivity contribution in [2.24, 2.45) is 0 Å². The summed E-state index contributed by atoms with van der Waals surface area (Å²) in [6, 6.07) is 10.00. The van der Waals surface area contributed by atoms with Crippen LogP contribution < -0.4 is 5.32 Å². The summed E-state index contributed by atoms with van der Waals surface area (Å²) in [6.07, 6.45) is 1.82. The first kappa shape index (κ1) is 13.5. The average Bonchev–Trinajstić information content (AvgIpc) is 2.36. The van der Waals surface area contributed by atoms with Crippen molar-refractivity contribution in [1.29, 1.82) is 0 Å². The number of halogens is 2. The molecule has 1 aromatic heterocycles. The Labute approximate surface area is 121 Å². The van der Waals surface area contributed by atoms with Gasteiger partial charge in [-0.1, -0.05) is 23.7 Å². The highest BCUT2D eigenvalue weighted by Crippen LogP contribution is 2.23. The third kappa shape index (κ3) is 3.55. The van der Waals surface area contributed by atoms with Crippen LogP contribution in [0.15, 0.2) is 41.0 Å². The van der Waals surface area contributed by atoms with Crippen LogP contribution in [-0.2, 0) is 13.1 Å². The summed E-state index contributed by atoms with van der Waals surface area (Å²) in [5, 5.41) is 4.11. The van der Waals surface area contributed by atoms with Gasteiger partial charge >= 0.3 is 0 Å². The van der Waals surface area contributed by atoms with Crippen molar-refractivity contribution in [3.05, 3.63) is 62.8 Å². The van der Waals surface area contributed by atoms with Gasteiger partial charge in [-0.3, -0.25) is 4.98 Å². The molecule has 1 N–H and O–H groups in total. The molecule has 4 heteroatoms. The lowest BCUT2D eigenvalue weighted by Crippen LogP contribution is -2.14. The zero-order valence-electron chi connectivity index (χ0n) is 10.1. The second kappa shape index (κ2) is 6.32. The minimum absolute atomic E-state index is 0.739. The molecule has 2 nitrogen and oxygen atoms in total. The van der Waals surface area contributed by atoms with E-state index in [0.29, 0.717) is 0 Å². The topological polar surface area (TPSA) is 24.9 Å². The molecular formula is C14H14BrClN2. The zero-order chi connectivity index (χ0) is 13.0. The molecule has 0 fully saturated rings. The Morgan fingerprint density at radius 2 is 2.11 bits per heavy atom. The van der Waals surface area contributed by atoms with E-state index in [0.717, 1.165) is 33.8 Å². The van der Waals surface area contributed by atoms with Gasteiger partial charge in [-0.05, 0) is 52.2 Å². The van der Waals surface area contributed by atoms with Crippen LogP contribution in [-0.4, -0.2) is 4.98 Å². The maximum Gasteiger partial charge on any atom is 0.0570 e. The highest BCUT2D eigenvalue weighted by molar-refractivity contribution is 9.10. The fraction of sp³-hybridized carbons (Fsp3) is 0.214. The fourth-order valence-electron chi connectivity index (χ4n) is 1.68. The molecule has 0 saturated heterocycles. The maximum absolute atomic E-state index is 6.05. The molecule has 0 aliphatic rings. The molecule has 94 valence electrons. The van der Waals surface area contributed by atoms with E-state index in [-0.39, 0.29) is 0 Å². The molecule has 2 aromatic rings. The highest BCUT2D eigenvalue weighted by Gasteiger charge is 2.01. The summed E-state index contributed by atoms with van der Waals surface area (Å²) in [7, 11) is 0. The van der Waals surface area contributed by atoms with Gasteiger partial charge in [0.15, 0.2) is 0 Å². The fourth-order valence-corrected chi connectivity index (χ4v) is 2.13. The van der Waals surface area contributed by atoms with Crippen molar-refractivity contribution in [3.8, 4) is 0 Å². The first-order valence-electron chi connectivity index (χ1n) is 5.72. The zero-order valence-corrected chi connectivity index (χ0v) is 12.4. The van der Waals surface area contributed by atoms with Crippen LogP contribution in [0.3, 0.4) is 0 Å². The number of aryl methyl sites for hydroxylation is 1. The second-order valence-electron chi connectivity index (χ2n) is 4.12. The van der Waals surface area contributed by atoms with E-state index >= 15 is 0 Å². The smallest absolute Gasteiger partial charge is 0.0570 e. The van der Waals surface area contributed by atoms with Gasteiger partial charge in [0.1, 0.15) is 0 Å². The number of nitrogens with one attached hydrogen (secondary N) is 1. The lowest BCUT2D eigenvalue weighted by atomic mass is 10.2. The quantitative estimate of drug-likeness (QED) is 0.915. The van der Waals surface area contributed by atoms with E-state index in [4.69, 9.17) is 11.6 Å². The lowest BCUT2D eigenvalue weighted by molar-refractivity contribution is 0.676. The van der Waals surface area contributed by atoms with Crippen LogP contribution >= 0.6 is 27.5 Å². The monoisotopic (exact) mass is 324 g/mol. The van der Waals surface area contributed by atoms with Gasteiger partial charge in [0.25, 0.3) is 0 Å². The Morgan fingerprint density at radius 3 is 2.83 bits per heavy atom. The van der Waals surface area contributed by atoms with Crippen LogP contribution in [0.2, 0.25) is 5.02 Å². The number of nitrogens with zero attached hydrogens (tertiary/aromatic N) is 1. The van der Waals surface area contributed by atoms with Crippen LogP contribution in [0.1, 0.15) is 16.8 Å². The molecule has 0 aliphatic carbocycles. The van der Waals surface area contributed by atoms with Gasteiger partial charge in [-0.15, -0.1) is 0 Å². The number of hydrogen-bond donors (Lipinski definition) is 1. The molecule has 2 rings (SSSR count). The minimum Gasteiger partial charge on any atom is -0.307 e. The van der Waals surface area contributed by atoms with Gasteiger partial charge in [-0.2, -0.15) is 0 Å². The van der Waals surface area contributed by atoms with Gasteiger partial charge in [0.05, 0.1) is 10.7 Å². The molecule has 0 amide bonds. The van der Waals surface area contributed by atoms with E-state index in [1.54, 1.807) is 0 Å². The van der Waals surface area contributed by atoms with E-state index in [1.165, 1.54) is 5.56 Å². The number of benzene rings is 1. The molecule has 0 bridgehead atoms. The maximum atomic E-state index is 6.05. The van der Waals surface area contributed by atoms with Gasteiger partial charge in [-0.25, -0.2) is 0 Å². The van der Waals surface area contributed by atoms with Crippen molar-refractivity contribution >= 4 is 27.5 Å². The molecule has 1 aromatic carbocycles. The molecule has 0 saturated carbocycles. The molecule has 18 heavy (non-hydrogen) atoms. The largest absolute Gasteiger partial charge is 0.307 e. The Kier molecular flexibility index (Phi) is 4.75. The Bertz CT molecular complexity index is 543. The molecule has 0 aliphatic heterocycles. The van der Waals surface area contributed by atoms with Crippen molar-refractivity contribution < 1.29 is 0 Å². The molecule has 1 heterocycles. The van der Waals surface area contributed by atoms with Gasteiger partial charge in [0, 0.05) is 23.8 Å². The number of hydrogen-bond acceptors (Lipinski definition) is 2. The van der Waals surface area contributed by atoms with Gasteiger partial charge < -0.3 is 5.32 Å². The summed E-state index contributed by atoms with van der Waals surface area (Å²) < 4.78 is 0.925. The minimum atomic E-state index is 0.739. The van der Waals surface area contributed by atoms with Crippen LogP contribution in [0.5, 0.6) is 0 Å². The van der Waals surface area contributed by atoms with E-state index < -0.39 is 0 Å². The van der Waals surface area contributed by atoms with Crippen LogP contribution in [0.25, 0.3) is 0 Å². The van der Waals surface area contributed by atoms with E-state index in [1.807, 2.05) is 30.5 Å². The summed E-state index contributed by atoms with van der Waals surface area (Å²) in [6.45, 7) is 3.61. The van der Waals surface area contributed by atoms with Crippen molar-refractivity contribution in [1.82, 2.24) is 10.3 Å². The Balaban J connectivity index is 1.92. The SMILES string of the molecule is Cc1cccnc1CNCc1ccc(Br)c(Cl)c1. The Morgan fingerprint density at radius 1 is 1.28 bits per heavy atom. The molecule has 0 unspecified atom stereocenters. The van der Waals surface area contributed by atoms with Crippen molar-refractivity contribution in [2.75, 3.05) is 0 Å². The summed E-state index contributed by atoms with van der Waals surface area (Å²) in [4.78, 5) is 4.35. The lowest BCUT2D eigenvalue weighted by Gasteiger charge is -2.07. The van der Waals surface area contributed by atoms with E-state index in [2.05, 4.69) is 39.2 Å². The Hall–Kier alpha value is -0.900. The van der Waals surface area contributed by atoms with Gasteiger partial charge in [0.2, 0.25) is 0 Å². The standard InChI is InChI=1S/C14H14BrClN2/c1-10-3-2-6-18-14(10)9-17-8-11-4-5-12(15)13(16)7-11/h2-7,17H,8-9H2,1H3. The molecular weight excluding hydrogens is 312 g/mol. The molecule has 0 atom stereocenters. The highest BCUT2D eigenvalue weighted by atomic mass is 79.9. The van der Waals surface area contributed by atoms with Crippen molar-refractivity contribution in [3.63, 3.8) is 0 Å². The van der Waals surface area contributed by atoms with Crippen LogP contribution in [0, 0.1) is 6.92 Å². The third-order valence-electron chi connectivity index (χ3n) is 2.72. The van der Waals surface area contributed by atoms with E-state index in [9.17, 15) is 0 Å². The van der Waals surface area contributed by atoms with Crippen LogP contribution in [0.4, 0.5) is 0 Å². The predicted molar refractivity (Wildman–Crippen MR) is 78.7 cm³/mol.